The third-order valence-electron chi connectivity index (χ3n) is 5.31. The molecule has 0 amide bonds. The highest BCUT2D eigenvalue weighted by Gasteiger charge is 2.21. The maximum absolute atomic E-state index is 11.3. The van der Waals surface area contributed by atoms with Gasteiger partial charge in [0, 0.05) is 5.25 Å². The summed E-state index contributed by atoms with van der Waals surface area (Å²) in [6, 6.07) is 8.59. The van der Waals surface area contributed by atoms with Gasteiger partial charge in [0.25, 0.3) is 0 Å². The first kappa shape index (κ1) is 24.1. The van der Waals surface area contributed by atoms with Crippen molar-refractivity contribution in [3.8, 4) is 0 Å². The summed E-state index contributed by atoms with van der Waals surface area (Å²) in [4.78, 5) is 11.3. The highest BCUT2D eigenvalue weighted by molar-refractivity contribution is 8.00. The standard InChI is InChI=1S/C24H40O2S/c1-4-6-7-8-9-10-11-12-13-14-17-21-18-15-16-19-22(21)20(3)27-23(5-2)24(25)26/h15-16,18-20,23H,4-14,17H2,1-3H3,(H,25,26). The largest absolute Gasteiger partial charge is 0.480 e. The molecule has 0 radical (unpaired) electrons. The van der Waals surface area contributed by atoms with Gasteiger partial charge in [0.2, 0.25) is 0 Å². The van der Waals surface area contributed by atoms with E-state index in [1.165, 1.54) is 75.3 Å². The lowest BCUT2D eigenvalue weighted by Crippen LogP contribution is -2.16. The predicted octanol–water partition coefficient (Wildman–Crippen LogP) is 7.81. The van der Waals surface area contributed by atoms with E-state index in [-0.39, 0.29) is 10.5 Å². The molecule has 0 bridgehead atoms. The summed E-state index contributed by atoms with van der Waals surface area (Å²) >= 11 is 1.58. The molecule has 1 rings (SSSR count). The van der Waals surface area contributed by atoms with Gasteiger partial charge in [-0.2, -0.15) is 0 Å². The average molecular weight is 393 g/mol. The Morgan fingerprint density at radius 1 is 0.926 bits per heavy atom. The Labute approximate surface area is 171 Å². The Bertz CT molecular complexity index is 515. The van der Waals surface area contributed by atoms with E-state index in [4.69, 9.17) is 0 Å². The molecule has 2 nitrogen and oxygen atoms in total. The number of carbonyl (C=O) groups is 1. The van der Waals surface area contributed by atoms with Crippen LogP contribution in [0.1, 0.15) is 108 Å². The summed E-state index contributed by atoms with van der Waals surface area (Å²) in [7, 11) is 0. The lowest BCUT2D eigenvalue weighted by atomic mass is 9.98. The minimum absolute atomic E-state index is 0.227. The molecule has 0 aliphatic heterocycles. The summed E-state index contributed by atoms with van der Waals surface area (Å²) < 4.78 is 0. The molecule has 0 aliphatic carbocycles. The molecule has 0 saturated carbocycles. The molecule has 0 aliphatic rings. The lowest BCUT2D eigenvalue weighted by molar-refractivity contribution is -0.136. The van der Waals surface area contributed by atoms with Gasteiger partial charge < -0.3 is 5.11 Å². The zero-order valence-electron chi connectivity index (χ0n) is 17.7. The van der Waals surface area contributed by atoms with Gasteiger partial charge in [-0.25, -0.2) is 0 Å². The highest BCUT2D eigenvalue weighted by Crippen LogP contribution is 2.35. The summed E-state index contributed by atoms with van der Waals surface area (Å²) in [6.45, 7) is 6.37. The van der Waals surface area contributed by atoms with Crippen LogP contribution in [0, 0.1) is 0 Å². The molecule has 0 saturated heterocycles. The number of rotatable bonds is 16. The number of hydrogen-bond donors (Lipinski definition) is 1. The third-order valence-corrected chi connectivity index (χ3v) is 6.83. The number of benzene rings is 1. The van der Waals surface area contributed by atoms with Crippen LogP contribution in [0.25, 0.3) is 0 Å². The Kier molecular flexibility index (Phi) is 13.4. The van der Waals surface area contributed by atoms with Crippen molar-refractivity contribution in [2.24, 2.45) is 0 Å². The van der Waals surface area contributed by atoms with Crippen molar-refractivity contribution in [1.29, 1.82) is 0 Å². The second-order valence-electron chi connectivity index (χ2n) is 7.64. The van der Waals surface area contributed by atoms with Crippen molar-refractivity contribution in [3.63, 3.8) is 0 Å². The van der Waals surface area contributed by atoms with Crippen LogP contribution >= 0.6 is 11.8 Å². The predicted molar refractivity (Wildman–Crippen MR) is 120 cm³/mol. The molecule has 0 fully saturated rings. The Morgan fingerprint density at radius 3 is 2.04 bits per heavy atom. The fourth-order valence-corrected chi connectivity index (χ4v) is 4.79. The molecule has 2 atom stereocenters. The number of aryl methyl sites for hydroxylation is 1. The minimum atomic E-state index is -0.693. The summed E-state index contributed by atoms with van der Waals surface area (Å²) in [5, 5.41) is 9.23. The highest BCUT2D eigenvalue weighted by atomic mass is 32.2. The molecule has 1 aromatic rings. The summed E-state index contributed by atoms with van der Waals surface area (Å²) in [6.07, 6.45) is 15.4. The summed E-state index contributed by atoms with van der Waals surface area (Å²) in [5.41, 5.74) is 2.72. The zero-order valence-corrected chi connectivity index (χ0v) is 18.5. The monoisotopic (exact) mass is 392 g/mol. The van der Waals surface area contributed by atoms with Crippen LogP contribution in [0.15, 0.2) is 24.3 Å². The number of unbranched alkanes of at least 4 members (excludes halogenated alkanes) is 9. The molecule has 3 heteroatoms. The maximum atomic E-state index is 11.3. The topological polar surface area (TPSA) is 37.3 Å². The van der Waals surface area contributed by atoms with Gasteiger partial charge in [-0.15, -0.1) is 11.8 Å². The normalized spacial score (nSPS) is 13.4. The third kappa shape index (κ3) is 10.2. The molecule has 2 unspecified atom stereocenters. The molecule has 0 heterocycles. The van der Waals surface area contributed by atoms with Crippen LogP contribution in [0.5, 0.6) is 0 Å². The van der Waals surface area contributed by atoms with Crippen molar-refractivity contribution in [2.75, 3.05) is 0 Å². The van der Waals surface area contributed by atoms with Gasteiger partial charge in [0.1, 0.15) is 5.25 Å². The van der Waals surface area contributed by atoms with E-state index >= 15 is 0 Å². The SMILES string of the molecule is CCCCCCCCCCCCc1ccccc1C(C)SC(CC)C(=O)O. The molecule has 1 N–H and O–H groups in total. The number of thioether (sulfide) groups is 1. The summed E-state index contributed by atoms with van der Waals surface area (Å²) in [5.74, 6) is -0.693. The van der Waals surface area contributed by atoms with E-state index in [0.29, 0.717) is 6.42 Å². The van der Waals surface area contributed by atoms with Crippen LogP contribution in [-0.4, -0.2) is 16.3 Å². The van der Waals surface area contributed by atoms with Gasteiger partial charge in [0.15, 0.2) is 0 Å². The van der Waals surface area contributed by atoms with E-state index in [1.807, 2.05) is 6.92 Å². The Balaban J connectivity index is 2.32. The quantitative estimate of drug-likeness (QED) is 0.291. The van der Waals surface area contributed by atoms with Gasteiger partial charge >= 0.3 is 5.97 Å². The van der Waals surface area contributed by atoms with Gasteiger partial charge in [-0.05, 0) is 37.3 Å². The molecular formula is C24H40O2S. The Morgan fingerprint density at radius 2 is 1.48 bits per heavy atom. The van der Waals surface area contributed by atoms with Gasteiger partial charge in [-0.1, -0.05) is 95.9 Å². The first-order valence-electron chi connectivity index (χ1n) is 11.1. The molecular weight excluding hydrogens is 352 g/mol. The second kappa shape index (κ2) is 15.0. The molecule has 1 aromatic carbocycles. The maximum Gasteiger partial charge on any atom is 0.316 e. The lowest BCUT2D eigenvalue weighted by Gasteiger charge is -2.19. The molecule has 154 valence electrons. The molecule has 27 heavy (non-hydrogen) atoms. The van der Waals surface area contributed by atoms with E-state index in [2.05, 4.69) is 38.1 Å². The molecule has 0 aromatic heterocycles. The smallest absolute Gasteiger partial charge is 0.316 e. The van der Waals surface area contributed by atoms with Crippen LogP contribution in [0.4, 0.5) is 0 Å². The van der Waals surface area contributed by atoms with Crippen molar-refractivity contribution < 1.29 is 9.90 Å². The van der Waals surface area contributed by atoms with E-state index in [0.717, 1.165) is 6.42 Å². The number of carboxylic acid groups (broad SMARTS) is 1. The van der Waals surface area contributed by atoms with Crippen molar-refractivity contribution in [2.45, 2.75) is 108 Å². The van der Waals surface area contributed by atoms with Crippen molar-refractivity contribution in [1.82, 2.24) is 0 Å². The van der Waals surface area contributed by atoms with Gasteiger partial charge in [0.05, 0.1) is 0 Å². The Hall–Kier alpha value is -0.960. The average Bonchev–Trinajstić information content (AvgIpc) is 2.67. The molecule has 0 spiro atoms. The van der Waals surface area contributed by atoms with Crippen molar-refractivity contribution >= 4 is 17.7 Å². The van der Waals surface area contributed by atoms with Crippen LogP contribution in [-0.2, 0) is 11.2 Å². The van der Waals surface area contributed by atoms with Crippen LogP contribution in [0.3, 0.4) is 0 Å². The van der Waals surface area contributed by atoms with E-state index in [1.54, 1.807) is 11.8 Å². The zero-order chi connectivity index (χ0) is 19.9. The second-order valence-corrected chi connectivity index (χ2v) is 9.19. The van der Waals surface area contributed by atoms with E-state index < -0.39 is 5.97 Å². The van der Waals surface area contributed by atoms with E-state index in [9.17, 15) is 9.90 Å². The van der Waals surface area contributed by atoms with Crippen LogP contribution in [0.2, 0.25) is 0 Å². The number of carboxylic acids is 1. The number of aliphatic carboxylic acids is 1. The van der Waals surface area contributed by atoms with Crippen molar-refractivity contribution in [3.05, 3.63) is 35.4 Å². The fourth-order valence-electron chi connectivity index (χ4n) is 3.61. The first-order valence-corrected chi connectivity index (χ1v) is 12.0. The minimum Gasteiger partial charge on any atom is -0.480 e. The fraction of sp³-hybridized carbons (Fsp3) is 0.708. The first-order chi connectivity index (χ1) is 13.1. The van der Waals surface area contributed by atoms with Crippen LogP contribution < -0.4 is 0 Å². The van der Waals surface area contributed by atoms with Gasteiger partial charge in [-0.3, -0.25) is 4.79 Å². The number of hydrogen-bond acceptors (Lipinski definition) is 2.